The average Bonchev–Trinajstić information content (AvgIpc) is 2.39. The Balaban J connectivity index is 2.66. The van der Waals surface area contributed by atoms with Crippen LogP contribution in [0, 0.1) is 0 Å². The first-order valence-corrected chi connectivity index (χ1v) is 7.69. The topological polar surface area (TPSA) is 37.4 Å². The van der Waals surface area contributed by atoms with E-state index < -0.39 is 10.0 Å². The molecule has 0 aliphatic heterocycles. The van der Waals surface area contributed by atoms with E-state index in [1.807, 2.05) is 49.4 Å². The standard InChI is InChI=1S/C14H17NO2S/c1-3-15(18(16,17)4-2)14-11-7-9-12-8-5-6-10-13(12)14/h5-11H,3-4H2,1-2H3. The molecule has 0 fully saturated rings. The molecule has 0 heterocycles. The van der Waals surface area contributed by atoms with Crippen LogP contribution in [0.1, 0.15) is 13.8 Å². The van der Waals surface area contributed by atoms with Gasteiger partial charge < -0.3 is 0 Å². The molecule has 0 amide bonds. The van der Waals surface area contributed by atoms with E-state index in [0.717, 1.165) is 16.5 Å². The fraction of sp³-hybridized carbons (Fsp3) is 0.286. The molecule has 18 heavy (non-hydrogen) atoms. The van der Waals surface area contributed by atoms with Crippen molar-refractivity contribution in [3.8, 4) is 0 Å². The average molecular weight is 263 g/mol. The maximum absolute atomic E-state index is 12.1. The van der Waals surface area contributed by atoms with Crippen LogP contribution in [-0.2, 0) is 10.0 Å². The zero-order chi connectivity index (χ0) is 13.2. The minimum Gasteiger partial charge on any atom is -0.270 e. The van der Waals surface area contributed by atoms with Crippen LogP contribution in [0.5, 0.6) is 0 Å². The first-order valence-electron chi connectivity index (χ1n) is 6.08. The van der Waals surface area contributed by atoms with Crippen LogP contribution < -0.4 is 4.31 Å². The molecule has 0 atom stereocenters. The molecule has 3 nitrogen and oxygen atoms in total. The summed E-state index contributed by atoms with van der Waals surface area (Å²) >= 11 is 0. The van der Waals surface area contributed by atoms with Crippen LogP contribution >= 0.6 is 0 Å². The van der Waals surface area contributed by atoms with Gasteiger partial charge in [0.05, 0.1) is 11.4 Å². The first kappa shape index (κ1) is 12.9. The minimum absolute atomic E-state index is 0.115. The van der Waals surface area contributed by atoms with E-state index in [4.69, 9.17) is 0 Å². The zero-order valence-electron chi connectivity index (χ0n) is 10.6. The Kier molecular flexibility index (Phi) is 3.57. The van der Waals surface area contributed by atoms with Crippen molar-refractivity contribution in [3.05, 3.63) is 42.5 Å². The van der Waals surface area contributed by atoms with Gasteiger partial charge in [0.1, 0.15) is 0 Å². The lowest BCUT2D eigenvalue weighted by Crippen LogP contribution is -2.32. The van der Waals surface area contributed by atoms with E-state index in [0.29, 0.717) is 6.54 Å². The Bertz CT molecular complexity index is 644. The maximum Gasteiger partial charge on any atom is 0.234 e. The number of hydrogen-bond donors (Lipinski definition) is 0. The summed E-state index contributed by atoms with van der Waals surface area (Å²) in [6.45, 7) is 3.97. The highest BCUT2D eigenvalue weighted by molar-refractivity contribution is 7.92. The fourth-order valence-electron chi connectivity index (χ4n) is 2.10. The Morgan fingerprint density at radius 2 is 1.67 bits per heavy atom. The lowest BCUT2D eigenvalue weighted by atomic mass is 10.1. The van der Waals surface area contributed by atoms with Crippen molar-refractivity contribution in [3.63, 3.8) is 0 Å². The van der Waals surface area contributed by atoms with Gasteiger partial charge in [-0.15, -0.1) is 0 Å². The number of benzene rings is 2. The van der Waals surface area contributed by atoms with E-state index in [9.17, 15) is 8.42 Å². The highest BCUT2D eigenvalue weighted by atomic mass is 32.2. The van der Waals surface area contributed by atoms with E-state index in [1.165, 1.54) is 4.31 Å². The van der Waals surface area contributed by atoms with Gasteiger partial charge in [-0.3, -0.25) is 4.31 Å². The molecule has 0 saturated carbocycles. The molecule has 2 rings (SSSR count). The second-order valence-corrected chi connectivity index (χ2v) is 6.25. The van der Waals surface area contributed by atoms with Gasteiger partial charge in [0, 0.05) is 11.9 Å². The molecule has 0 aliphatic carbocycles. The monoisotopic (exact) mass is 263 g/mol. The second kappa shape index (κ2) is 4.98. The van der Waals surface area contributed by atoms with E-state index in [1.54, 1.807) is 6.92 Å². The number of sulfonamides is 1. The van der Waals surface area contributed by atoms with Crippen molar-refractivity contribution < 1.29 is 8.42 Å². The Morgan fingerprint density at radius 1 is 1.00 bits per heavy atom. The second-order valence-electron chi connectivity index (χ2n) is 4.06. The third kappa shape index (κ3) is 2.20. The highest BCUT2D eigenvalue weighted by Gasteiger charge is 2.20. The highest BCUT2D eigenvalue weighted by Crippen LogP contribution is 2.28. The van der Waals surface area contributed by atoms with Gasteiger partial charge >= 0.3 is 0 Å². The Hall–Kier alpha value is -1.55. The van der Waals surface area contributed by atoms with Crippen LogP contribution in [0.3, 0.4) is 0 Å². The summed E-state index contributed by atoms with van der Waals surface area (Å²) in [5.41, 5.74) is 0.762. The third-order valence-electron chi connectivity index (χ3n) is 3.02. The molecule has 0 unspecified atom stereocenters. The molecular formula is C14H17NO2S. The number of rotatable bonds is 4. The Labute approximate surface area is 108 Å². The lowest BCUT2D eigenvalue weighted by Gasteiger charge is -2.23. The van der Waals surface area contributed by atoms with Crippen LogP contribution in [0.2, 0.25) is 0 Å². The quantitative estimate of drug-likeness (QED) is 0.850. The van der Waals surface area contributed by atoms with Crippen molar-refractivity contribution in [1.29, 1.82) is 0 Å². The SMILES string of the molecule is CCN(c1cccc2ccccc12)S(=O)(=O)CC. The van der Waals surface area contributed by atoms with Gasteiger partial charge in [-0.25, -0.2) is 8.42 Å². The van der Waals surface area contributed by atoms with Gasteiger partial charge in [-0.1, -0.05) is 36.4 Å². The van der Waals surface area contributed by atoms with E-state index >= 15 is 0 Å². The molecule has 0 aliphatic rings. The largest absolute Gasteiger partial charge is 0.270 e. The maximum atomic E-state index is 12.1. The van der Waals surface area contributed by atoms with Gasteiger partial charge in [-0.2, -0.15) is 0 Å². The molecule has 0 bridgehead atoms. The van der Waals surface area contributed by atoms with E-state index in [2.05, 4.69) is 0 Å². The normalized spacial score (nSPS) is 11.7. The summed E-state index contributed by atoms with van der Waals surface area (Å²) < 4.78 is 25.7. The minimum atomic E-state index is -3.22. The zero-order valence-corrected chi connectivity index (χ0v) is 11.4. The number of hydrogen-bond acceptors (Lipinski definition) is 2. The predicted molar refractivity (Wildman–Crippen MR) is 76.4 cm³/mol. The van der Waals surface area contributed by atoms with Crippen molar-refractivity contribution in [1.82, 2.24) is 0 Å². The Morgan fingerprint density at radius 3 is 2.33 bits per heavy atom. The van der Waals surface area contributed by atoms with E-state index in [-0.39, 0.29) is 5.75 Å². The summed E-state index contributed by atoms with van der Waals surface area (Å²) in [4.78, 5) is 0. The molecule has 4 heteroatoms. The summed E-state index contributed by atoms with van der Waals surface area (Å²) in [6, 6.07) is 13.6. The lowest BCUT2D eigenvalue weighted by molar-refractivity contribution is 0.593. The molecule has 0 saturated heterocycles. The van der Waals surface area contributed by atoms with Crippen LogP contribution in [0.15, 0.2) is 42.5 Å². The number of fused-ring (bicyclic) bond motifs is 1. The molecule has 0 aromatic heterocycles. The molecule has 2 aromatic carbocycles. The molecule has 0 N–H and O–H groups in total. The molecule has 0 radical (unpaired) electrons. The number of anilines is 1. The van der Waals surface area contributed by atoms with Gasteiger partial charge in [0.2, 0.25) is 10.0 Å². The van der Waals surface area contributed by atoms with Crippen LogP contribution in [-0.4, -0.2) is 20.7 Å². The van der Waals surface area contributed by atoms with Gasteiger partial charge in [-0.05, 0) is 25.3 Å². The van der Waals surface area contributed by atoms with Crippen molar-refractivity contribution >= 4 is 26.5 Å². The van der Waals surface area contributed by atoms with Crippen LogP contribution in [0.4, 0.5) is 5.69 Å². The third-order valence-corrected chi connectivity index (χ3v) is 4.88. The fourth-order valence-corrected chi connectivity index (χ4v) is 3.26. The first-order chi connectivity index (χ1) is 8.60. The molecule has 2 aromatic rings. The van der Waals surface area contributed by atoms with Crippen molar-refractivity contribution in [2.24, 2.45) is 0 Å². The van der Waals surface area contributed by atoms with Crippen LogP contribution in [0.25, 0.3) is 10.8 Å². The molecular weight excluding hydrogens is 246 g/mol. The molecule has 96 valence electrons. The summed E-state index contributed by atoms with van der Waals surface area (Å²) in [5, 5.41) is 2.03. The van der Waals surface area contributed by atoms with Gasteiger partial charge in [0.15, 0.2) is 0 Å². The predicted octanol–water partition coefficient (Wildman–Crippen LogP) is 3.02. The summed E-state index contributed by atoms with van der Waals surface area (Å²) in [6.07, 6.45) is 0. The number of nitrogens with zero attached hydrogens (tertiary/aromatic N) is 1. The summed E-state index contributed by atoms with van der Waals surface area (Å²) in [7, 11) is -3.22. The smallest absolute Gasteiger partial charge is 0.234 e. The summed E-state index contributed by atoms with van der Waals surface area (Å²) in [5.74, 6) is 0.115. The van der Waals surface area contributed by atoms with Crippen molar-refractivity contribution in [2.75, 3.05) is 16.6 Å². The molecule has 0 spiro atoms. The van der Waals surface area contributed by atoms with Crippen molar-refractivity contribution in [2.45, 2.75) is 13.8 Å². The van der Waals surface area contributed by atoms with Gasteiger partial charge in [0.25, 0.3) is 0 Å².